The van der Waals surface area contributed by atoms with Gasteiger partial charge in [0.15, 0.2) is 0 Å². The molecule has 0 bridgehead atoms. The Kier molecular flexibility index (Phi) is 4.43. The summed E-state index contributed by atoms with van der Waals surface area (Å²) in [6.45, 7) is 1.90. The van der Waals surface area contributed by atoms with E-state index >= 15 is 0 Å². The van der Waals surface area contributed by atoms with E-state index < -0.39 is 0 Å². The third-order valence-corrected chi connectivity index (χ3v) is 2.27. The molecule has 4 heteroatoms. The first-order chi connectivity index (χ1) is 7.13. The van der Waals surface area contributed by atoms with Crippen molar-refractivity contribution in [1.29, 1.82) is 0 Å². The number of phenols is 1. The maximum absolute atomic E-state index is 11.6. The Hall–Kier alpha value is -1.22. The molecule has 0 heterocycles. The van der Waals surface area contributed by atoms with Crippen molar-refractivity contribution >= 4 is 17.5 Å². The second kappa shape index (κ2) is 5.61. The van der Waals surface area contributed by atoms with Gasteiger partial charge in [-0.15, -0.1) is 11.6 Å². The smallest absolute Gasteiger partial charge is 0.251 e. The highest BCUT2D eigenvalue weighted by molar-refractivity contribution is 6.17. The molecule has 0 aliphatic rings. The Balaban J connectivity index is 2.57. The van der Waals surface area contributed by atoms with Crippen LogP contribution in [0.5, 0.6) is 5.75 Å². The molecule has 1 rings (SSSR count). The fraction of sp³-hybridized carbons (Fsp3) is 0.364. The van der Waals surface area contributed by atoms with E-state index in [1.807, 2.05) is 6.92 Å². The number of amides is 1. The molecule has 0 aliphatic heterocycles. The standard InChI is InChI=1S/C11H14ClNO2/c1-8(6-7-12)13-11(15)9-2-4-10(14)5-3-9/h2-5,8,14H,6-7H2,1H3,(H,13,15). The summed E-state index contributed by atoms with van der Waals surface area (Å²) in [7, 11) is 0. The van der Waals surface area contributed by atoms with Gasteiger partial charge in [0.05, 0.1) is 0 Å². The van der Waals surface area contributed by atoms with E-state index in [-0.39, 0.29) is 17.7 Å². The average molecular weight is 228 g/mol. The minimum atomic E-state index is -0.146. The molecule has 1 aromatic carbocycles. The van der Waals surface area contributed by atoms with Gasteiger partial charge >= 0.3 is 0 Å². The maximum Gasteiger partial charge on any atom is 0.251 e. The predicted molar refractivity (Wildman–Crippen MR) is 60.4 cm³/mol. The van der Waals surface area contributed by atoms with Crippen LogP contribution in [-0.2, 0) is 0 Å². The first kappa shape index (κ1) is 11.9. The summed E-state index contributed by atoms with van der Waals surface area (Å²) in [4.78, 5) is 11.6. The van der Waals surface area contributed by atoms with Crippen molar-refractivity contribution in [1.82, 2.24) is 5.32 Å². The summed E-state index contributed by atoms with van der Waals surface area (Å²) >= 11 is 5.56. The van der Waals surface area contributed by atoms with Gasteiger partial charge in [0, 0.05) is 17.5 Å². The van der Waals surface area contributed by atoms with Crippen LogP contribution in [0.2, 0.25) is 0 Å². The third-order valence-electron chi connectivity index (χ3n) is 2.05. The molecule has 1 unspecified atom stereocenters. The highest BCUT2D eigenvalue weighted by Crippen LogP contribution is 2.09. The van der Waals surface area contributed by atoms with Gasteiger partial charge in [-0.3, -0.25) is 4.79 Å². The highest BCUT2D eigenvalue weighted by Gasteiger charge is 2.08. The molecule has 1 amide bonds. The monoisotopic (exact) mass is 227 g/mol. The van der Waals surface area contributed by atoms with E-state index in [0.29, 0.717) is 11.4 Å². The van der Waals surface area contributed by atoms with Crippen LogP contribution in [0.15, 0.2) is 24.3 Å². The van der Waals surface area contributed by atoms with E-state index in [0.717, 1.165) is 6.42 Å². The molecule has 0 saturated heterocycles. The summed E-state index contributed by atoms with van der Waals surface area (Å²) in [6.07, 6.45) is 0.741. The zero-order valence-electron chi connectivity index (χ0n) is 8.53. The van der Waals surface area contributed by atoms with Gasteiger partial charge in [-0.2, -0.15) is 0 Å². The maximum atomic E-state index is 11.6. The minimum Gasteiger partial charge on any atom is -0.508 e. The molecule has 1 aromatic rings. The van der Waals surface area contributed by atoms with Crippen molar-refractivity contribution in [2.45, 2.75) is 19.4 Å². The minimum absolute atomic E-state index is 0.0591. The Morgan fingerprint density at radius 3 is 2.60 bits per heavy atom. The number of aromatic hydroxyl groups is 1. The topological polar surface area (TPSA) is 49.3 Å². The average Bonchev–Trinajstić information content (AvgIpc) is 2.18. The van der Waals surface area contributed by atoms with E-state index in [1.54, 1.807) is 12.1 Å². The lowest BCUT2D eigenvalue weighted by molar-refractivity contribution is 0.0939. The molecule has 15 heavy (non-hydrogen) atoms. The number of rotatable bonds is 4. The van der Waals surface area contributed by atoms with Crippen LogP contribution in [-0.4, -0.2) is 22.9 Å². The van der Waals surface area contributed by atoms with E-state index in [2.05, 4.69) is 5.32 Å². The number of hydrogen-bond acceptors (Lipinski definition) is 2. The number of halogens is 1. The first-order valence-electron chi connectivity index (χ1n) is 4.79. The molecule has 1 atom stereocenters. The zero-order valence-corrected chi connectivity index (χ0v) is 9.29. The van der Waals surface area contributed by atoms with Gasteiger partial charge in [-0.05, 0) is 37.6 Å². The van der Waals surface area contributed by atoms with Crippen LogP contribution in [0, 0.1) is 0 Å². The van der Waals surface area contributed by atoms with Crippen molar-refractivity contribution < 1.29 is 9.90 Å². The SMILES string of the molecule is CC(CCCl)NC(=O)c1ccc(O)cc1. The van der Waals surface area contributed by atoms with Crippen molar-refractivity contribution in [2.75, 3.05) is 5.88 Å². The van der Waals surface area contributed by atoms with Gasteiger partial charge in [-0.1, -0.05) is 0 Å². The highest BCUT2D eigenvalue weighted by atomic mass is 35.5. The van der Waals surface area contributed by atoms with Crippen LogP contribution < -0.4 is 5.32 Å². The van der Waals surface area contributed by atoms with E-state index in [4.69, 9.17) is 16.7 Å². The largest absolute Gasteiger partial charge is 0.508 e. The summed E-state index contributed by atoms with van der Waals surface area (Å²) in [5.74, 6) is 0.532. The lowest BCUT2D eigenvalue weighted by atomic mass is 10.2. The quantitative estimate of drug-likeness (QED) is 0.775. The lowest BCUT2D eigenvalue weighted by Crippen LogP contribution is -2.32. The molecule has 0 aromatic heterocycles. The van der Waals surface area contributed by atoms with Gasteiger partial charge in [-0.25, -0.2) is 0 Å². The van der Waals surface area contributed by atoms with Crippen molar-refractivity contribution in [3.63, 3.8) is 0 Å². The molecule has 0 aliphatic carbocycles. The summed E-state index contributed by atoms with van der Waals surface area (Å²) in [5, 5.41) is 11.9. The first-order valence-corrected chi connectivity index (χ1v) is 5.33. The molecule has 82 valence electrons. The van der Waals surface area contributed by atoms with Crippen LogP contribution >= 0.6 is 11.6 Å². The normalized spacial score (nSPS) is 12.1. The Bertz CT molecular complexity index is 324. The molecule has 2 N–H and O–H groups in total. The Morgan fingerprint density at radius 1 is 1.47 bits per heavy atom. The van der Waals surface area contributed by atoms with Crippen LogP contribution in [0.4, 0.5) is 0 Å². The van der Waals surface area contributed by atoms with Crippen LogP contribution in [0.1, 0.15) is 23.7 Å². The molecule has 0 spiro atoms. The molecule has 0 fully saturated rings. The second-order valence-electron chi connectivity index (χ2n) is 3.40. The summed E-state index contributed by atoms with van der Waals surface area (Å²) in [6, 6.07) is 6.20. The predicted octanol–water partition coefficient (Wildman–Crippen LogP) is 2.14. The van der Waals surface area contributed by atoms with Crippen molar-refractivity contribution in [3.8, 4) is 5.75 Å². The van der Waals surface area contributed by atoms with Gasteiger partial charge in [0.25, 0.3) is 5.91 Å². The summed E-state index contributed by atoms with van der Waals surface area (Å²) in [5.41, 5.74) is 0.536. The zero-order chi connectivity index (χ0) is 11.3. The molecule has 3 nitrogen and oxygen atoms in total. The third kappa shape index (κ3) is 3.80. The molecular weight excluding hydrogens is 214 g/mol. The molecule has 0 radical (unpaired) electrons. The van der Waals surface area contributed by atoms with E-state index in [1.165, 1.54) is 12.1 Å². The fourth-order valence-electron chi connectivity index (χ4n) is 1.16. The number of phenolic OH excluding ortho intramolecular Hbond substituents is 1. The lowest BCUT2D eigenvalue weighted by Gasteiger charge is -2.12. The Morgan fingerprint density at radius 2 is 2.07 bits per heavy atom. The van der Waals surface area contributed by atoms with Gasteiger partial charge < -0.3 is 10.4 Å². The molecule has 0 saturated carbocycles. The number of carbonyl (C=O) groups is 1. The molecular formula is C11H14ClNO2. The van der Waals surface area contributed by atoms with Crippen molar-refractivity contribution in [3.05, 3.63) is 29.8 Å². The van der Waals surface area contributed by atoms with Crippen LogP contribution in [0.25, 0.3) is 0 Å². The van der Waals surface area contributed by atoms with Crippen molar-refractivity contribution in [2.24, 2.45) is 0 Å². The number of carbonyl (C=O) groups excluding carboxylic acids is 1. The van der Waals surface area contributed by atoms with Gasteiger partial charge in [0.2, 0.25) is 0 Å². The Labute approximate surface area is 94.1 Å². The number of benzene rings is 1. The number of hydrogen-bond donors (Lipinski definition) is 2. The summed E-state index contributed by atoms with van der Waals surface area (Å²) < 4.78 is 0. The van der Waals surface area contributed by atoms with Gasteiger partial charge in [0.1, 0.15) is 5.75 Å². The number of nitrogens with one attached hydrogen (secondary N) is 1. The second-order valence-corrected chi connectivity index (χ2v) is 3.78. The van der Waals surface area contributed by atoms with E-state index in [9.17, 15) is 4.79 Å². The van der Waals surface area contributed by atoms with Crippen LogP contribution in [0.3, 0.4) is 0 Å². The number of alkyl halides is 1. The fourth-order valence-corrected chi connectivity index (χ4v) is 1.48.